The van der Waals surface area contributed by atoms with Crippen molar-refractivity contribution >= 4 is 5.97 Å². The molecule has 1 atom stereocenters. The Bertz CT molecular complexity index is 1080. The second kappa shape index (κ2) is 14.2. The largest absolute Gasteiger partial charge is 0.493 e. The highest BCUT2D eigenvalue weighted by Gasteiger charge is 2.32. The highest BCUT2D eigenvalue weighted by molar-refractivity contribution is 5.78. The van der Waals surface area contributed by atoms with Crippen LogP contribution >= 0.6 is 0 Å². The van der Waals surface area contributed by atoms with Gasteiger partial charge in [-0.15, -0.1) is 0 Å². The predicted octanol–water partition coefficient (Wildman–Crippen LogP) is 4.25. The number of carbonyl (C=O) groups is 1. The van der Waals surface area contributed by atoms with Crippen molar-refractivity contribution in [1.29, 1.82) is 0 Å². The Morgan fingerprint density at radius 1 is 0.811 bits per heavy atom. The van der Waals surface area contributed by atoms with Gasteiger partial charge in [0.2, 0.25) is 11.6 Å². The minimum atomic E-state index is -1.88. The van der Waals surface area contributed by atoms with E-state index in [1.54, 1.807) is 0 Å². The molecule has 0 heterocycles. The molecule has 3 aromatic rings. The van der Waals surface area contributed by atoms with Gasteiger partial charge in [0.05, 0.1) is 20.3 Å². The molecule has 37 heavy (non-hydrogen) atoms. The lowest BCUT2D eigenvalue weighted by Crippen LogP contribution is -2.21. The Morgan fingerprint density at radius 2 is 1.35 bits per heavy atom. The van der Waals surface area contributed by atoms with E-state index < -0.39 is 24.0 Å². The molecule has 8 nitrogen and oxygen atoms in total. The lowest BCUT2D eigenvalue weighted by atomic mass is 10.0. The minimum Gasteiger partial charge on any atom is -0.493 e. The normalized spacial score (nSPS) is 11.7. The molecule has 0 spiro atoms. The van der Waals surface area contributed by atoms with Crippen LogP contribution in [0.1, 0.15) is 28.9 Å². The molecule has 3 rings (SSSR count). The van der Waals surface area contributed by atoms with Crippen molar-refractivity contribution < 1.29 is 42.7 Å². The summed E-state index contributed by atoms with van der Waals surface area (Å²) in [5, 5.41) is 11.0. The van der Waals surface area contributed by atoms with Crippen LogP contribution in [0, 0.1) is 5.82 Å². The van der Waals surface area contributed by atoms with Gasteiger partial charge in [-0.25, -0.2) is 4.79 Å². The van der Waals surface area contributed by atoms with E-state index in [2.05, 4.69) is 0 Å². The molecule has 198 valence electrons. The number of methoxy groups -OCH3 is 3. The number of hydrogen-bond donors (Lipinski definition) is 1. The van der Waals surface area contributed by atoms with Crippen LogP contribution in [0.2, 0.25) is 0 Å². The van der Waals surface area contributed by atoms with E-state index in [1.807, 2.05) is 60.7 Å². The lowest BCUT2D eigenvalue weighted by molar-refractivity contribution is -0.158. The summed E-state index contributed by atoms with van der Waals surface area (Å²) in [4.78, 5) is 13.2. The van der Waals surface area contributed by atoms with E-state index >= 15 is 4.39 Å². The number of halogens is 1. The van der Waals surface area contributed by atoms with Gasteiger partial charge in [0.25, 0.3) is 0 Å². The summed E-state index contributed by atoms with van der Waals surface area (Å²) in [5.74, 6) is -2.56. The van der Waals surface area contributed by atoms with Crippen LogP contribution in [0.15, 0.2) is 66.7 Å². The average Bonchev–Trinajstić information content (AvgIpc) is 2.93. The summed E-state index contributed by atoms with van der Waals surface area (Å²) in [7, 11) is 4.20. The van der Waals surface area contributed by atoms with Gasteiger partial charge in [-0.2, -0.15) is 4.39 Å². The average molecular weight is 515 g/mol. The van der Waals surface area contributed by atoms with Crippen LogP contribution in [-0.2, 0) is 19.0 Å². The van der Waals surface area contributed by atoms with Crippen LogP contribution < -0.4 is 14.2 Å². The summed E-state index contributed by atoms with van der Waals surface area (Å²) in [5.41, 5.74) is 1.24. The molecule has 1 N–H and O–H groups in total. The zero-order valence-corrected chi connectivity index (χ0v) is 21.0. The molecule has 0 aliphatic carbocycles. The van der Waals surface area contributed by atoms with Gasteiger partial charge >= 0.3 is 5.97 Å². The summed E-state index contributed by atoms with van der Waals surface area (Å²) in [6.45, 7) is 0.543. The van der Waals surface area contributed by atoms with Crippen LogP contribution in [0.4, 0.5) is 4.39 Å². The van der Waals surface area contributed by atoms with E-state index in [0.29, 0.717) is 11.1 Å². The number of esters is 1. The SMILES string of the molecule is COCCOc1cc(C(O)C(=O)OC(c2ccccc2)c2ccccc2)c(OC)c(F)c1OCCOC. The molecule has 3 aromatic carbocycles. The predicted molar refractivity (Wildman–Crippen MR) is 133 cm³/mol. The first kappa shape index (κ1) is 27.9. The fourth-order valence-electron chi connectivity index (χ4n) is 3.62. The minimum absolute atomic E-state index is 0.0315. The zero-order valence-electron chi connectivity index (χ0n) is 21.0. The first-order valence-corrected chi connectivity index (χ1v) is 11.6. The molecule has 0 aliphatic rings. The number of aliphatic hydroxyl groups is 1. The monoisotopic (exact) mass is 514 g/mol. The maximum absolute atomic E-state index is 15.5. The van der Waals surface area contributed by atoms with Gasteiger partial charge in [0, 0.05) is 19.8 Å². The van der Waals surface area contributed by atoms with Gasteiger partial charge in [-0.3, -0.25) is 0 Å². The molecule has 0 bridgehead atoms. The number of benzene rings is 3. The maximum atomic E-state index is 15.5. The lowest BCUT2D eigenvalue weighted by Gasteiger charge is -2.23. The molecular formula is C28H31FO8. The summed E-state index contributed by atoms with van der Waals surface area (Å²) in [6.07, 6.45) is -2.67. The van der Waals surface area contributed by atoms with Crippen LogP contribution in [0.3, 0.4) is 0 Å². The number of ether oxygens (including phenoxy) is 6. The van der Waals surface area contributed by atoms with Crippen molar-refractivity contribution in [3.05, 3.63) is 89.2 Å². The molecule has 0 fully saturated rings. The van der Waals surface area contributed by atoms with E-state index in [9.17, 15) is 9.90 Å². The van der Waals surface area contributed by atoms with Crippen molar-refractivity contribution in [2.24, 2.45) is 0 Å². The molecule has 0 saturated carbocycles. The Morgan fingerprint density at radius 3 is 1.86 bits per heavy atom. The third-order valence-corrected chi connectivity index (χ3v) is 5.41. The summed E-state index contributed by atoms with van der Waals surface area (Å²) < 4.78 is 47.5. The fourth-order valence-corrected chi connectivity index (χ4v) is 3.62. The third-order valence-electron chi connectivity index (χ3n) is 5.41. The van der Waals surface area contributed by atoms with Crippen LogP contribution in [0.25, 0.3) is 0 Å². The van der Waals surface area contributed by atoms with Crippen LogP contribution in [-0.4, -0.2) is 58.8 Å². The maximum Gasteiger partial charge on any atom is 0.340 e. The Balaban J connectivity index is 1.95. The zero-order chi connectivity index (χ0) is 26.6. The topological polar surface area (TPSA) is 92.7 Å². The van der Waals surface area contributed by atoms with Crippen LogP contribution in [0.5, 0.6) is 17.2 Å². The van der Waals surface area contributed by atoms with E-state index in [0.717, 1.165) is 0 Å². The highest BCUT2D eigenvalue weighted by Crippen LogP contribution is 2.42. The highest BCUT2D eigenvalue weighted by atomic mass is 19.1. The van der Waals surface area contributed by atoms with Crippen molar-refractivity contribution in [2.75, 3.05) is 47.8 Å². The molecule has 0 saturated heterocycles. The quantitative estimate of drug-likeness (QED) is 0.252. The number of carbonyl (C=O) groups excluding carboxylic acids is 1. The van der Waals surface area contributed by atoms with E-state index in [1.165, 1.54) is 27.4 Å². The molecule has 9 heteroatoms. The third kappa shape index (κ3) is 7.19. The van der Waals surface area contributed by atoms with Crippen molar-refractivity contribution in [1.82, 2.24) is 0 Å². The van der Waals surface area contributed by atoms with Gasteiger partial charge in [0.1, 0.15) is 13.2 Å². The number of aliphatic hydroxyl groups excluding tert-OH is 1. The van der Waals surface area contributed by atoms with E-state index in [-0.39, 0.29) is 49.2 Å². The molecule has 1 unspecified atom stereocenters. The second-order valence-corrected chi connectivity index (χ2v) is 7.86. The Kier molecular flexibility index (Phi) is 10.7. The van der Waals surface area contributed by atoms with Crippen molar-refractivity contribution in [2.45, 2.75) is 12.2 Å². The van der Waals surface area contributed by atoms with Crippen molar-refractivity contribution in [3.8, 4) is 17.2 Å². The fraction of sp³-hybridized carbons (Fsp3) is 0.321. The van der Waals surface area contributed by atoms with Gasteiger partial charge in [-0.1, -0.05) is 60.7 Å². The Hall–Kier alpha value is -3.66. The summed E-state index contributed by atoms with van der Waals surface area (Å²) >= 11 is 0. The van der Waals surface area contributed by atoms with Crippen molar-refractivity contribution in [3.63, 3.8) is 0 Å². The standard InChI is InChI=1S/C28H31FO8/c1-32-14-16-35-22-18-21(26(34-3)23(29)27(22)36-17-15-33-2)24(30)28(31)37-25(19-10-6-4-7-11-19)20-12-8-5-9-13-20/h4-13,18,24-25,30H,14-17H2,1-3H3. The molecule has 0 aromatic heterocycles. The smallest absolute Gasteiger partial charge is 0.340 e. The molecule has 0 aliphatic heterocycles. The second-order valence-electron chi connectivity index (χ2n) is 7.86. The molecular weight excluding hydrogens is 483 g/mol. The van der Waals surface area contributed by atoms with Gasteiger partial charge in [-0.05, 0) is 17.2 Å². The molecule has 0 amide bonds. The summed E-state index contributed by atoms with van der Waals surface area (Å²) in [6, 6.07) is 19.5. The molecule has 0 radical (unpaired) electrons. The Labute approximate surface area is 215 Å². The van der Waals surface area contributed by atoms with Gasteiger partial charge < -0.3 is 33.5 Å². The van der Waals surface area contributed by atoms with E-state index in [4.69, 9.17) is 28.4 Å². The number of hydrogen-bond acceptors (Lipinski definition) is 8. The van der Waals surface area contributed by atoms with Gasteiger partial charge in [0.15, 0.2) is 23.7 Å². The first-order valence-electron chi connectivity index (χ1n) is 11.6. The first-order chi connectivity index (χ1) is 18.0. The number of rotatable bonds is 14.